The fourth-order valence-electron chi connectivity index (χ4n) is 0.391. The van der Waals surface area contributed by atoms with Crippen LogP contribution in [0.5, 0.6) is 0 Å². The van der Waals surface area contributed by atoms with Crippen molar-refractivity contribution in [2.45, 2.75) is 19.8 Å². The quantitative estimate of drug-likeness (QED) is 0.532. The Morgan fingerprint density at radius 1 is 1.58 bits per heavy atom. The van der Waals surface area contributed by atoms with Crippen molar-refractivity contribution in [3.63, 3.8) is 0 Å². The van der Waals surface area contributed by atoms with Gasteiger partial charge < -0.3 is 4.74 Å². The van der Waals surface area contributed by atoms with Gasteiger partial charge in [-0.25, -0.2) is 0 Å². The second-order valence-electron chi connectivity index (χ2n) is 1.56. The second kappa shape index (κ2) is 13.2. The number of nitriles is 1. The van der Waals surface area contributed by atoms with Crippen molar-refractivity contribution in [1.82, 2.24) is 0 Å². The summed E-state index contributed by atoms with van der Waals surface area (Å²) in [7, 11) is 0. The number of esters is 1. The molecule has 0 bridgehead atoms. The molecule has 0 atom stereocenters. The van der Waals surface area contributed by atoms with Crippen LogP contribution in [0.3, 0.4) is 0 Å². The lowest BCUT2D eigenvalue weighted by molar-refractivity contribution is -0.142. The molecule has 70 valence electrons. The number of nitrogens with zero attached hydrogens (tertiary/aromatic N) is 1. The summed E-state index contributed by atoms with van der Waals surface area (Å²) in [6.07, 6.45) is 0.461. The zero-order chi connectivity index (χ0) is 9.82. The van der Waals surface area contributed by atoms with Gasteiger partial charge in [0.15, 0.2) is 0 Å². The van der Waals surface area contributed by atoms with Crippen LogP contribution >= 0.6 is 23.2 Å². The molecule has 0 heterocycles. The van der Waals surface area contributed by atoms with Crippen molar-refractivity contribution < 1.29 is 9.53 Å². The third-order valence-corrected chi connectivity index (χ3v) is 0.746. The topological polar surface area (TPSA) is 50.1 Å². The van der Waals surface area contributed by atoms with Crippen LogP contribution in [-0.2, 0) is 9.53 Å². The molecule has 0 radical (unpaired) electrons. The molecule has 0 N–H and O–H groups in total. The standard InChI is InChI=1S/C6H9NO2.CH2Cl2/c1-2-9-6(8)4-3-5-7;2-1-3/h2-4H2,1H3;1H2. The van der Waals surface area contributed by atoms with Crippen LogP contribution in [0, 0.1) is 11.3 Å². The van der Waals surface area contributed by atoms with Crippen LogP contribution in [0.2, 0.25) is 0 Å². The van der Waals surface area contributed by atoms with E-state index < -0.39 is 0 Å². The van der Waals surface area contributed by atoms with E-state index in [1.165, 1.54) is 0 Å². The summed E-state index contributed by atoms with van der Waals surface area (Å²) < 4.78 is 4.55. The fourth-order valence-corrected chi connectivity index (χ4v) is 0.391. The summed E-state index contributed by atoms with van der Waals surface area (Å²) >= 11 is 9.53. The van der Waals surface area contributed by atoms with Gasteiger partial charge in [-0.1, -0.05) is 0 Å². The molecule has 0 aromatic carbocycles. The minimum atomic E-state index is -0.293. The van der Waals surface area contributed by atoms with Gasteiger partial charge >= 0.3 is 5.97 Å². The predicted molar refractivity (Wildman–Crippen MR) is 48.1 cm³/mol. The van der Waals surface area contributed by atoms with Crippen molar-refractivity contribution in [3.05, 3.63) is 0 Å². The number of carbonyl (C=O) groups is 1. The highest BCUT2D eigenvalue weighted by Crippen LogP contribution is 1.89. The number of halogens is 2. The Kier molecular flexibility index (Phi) is 15.4. The molecule has 0 spiro atoms. The molecule has 5 heteroatoms. The van der Waals surface area contributed by atoms with Gasteiger partial charge in [-0.15, -0.1) is 23.2 Å². The van der Waals surface area contributed by atoms with E-state index in [0.29, 0.717) is 6.61 Å². The van der Waals surface area contributed by atoms with Gasteiger partial charge in [0, 0.05) is 6.42 Å². The number of rotatable bonds is 3. The molecule has 0 aliphatic heterocycles. The third-order valence-electron chi connectivity index (χ3n) is 0.746. The van der Waals surface area contributed by atoms with Gasteiger partial charge in [-0.05, 0) is 6.92 Å². The lowest BCUT2D eigenvalue weighted by Gasteiger charge is -1.95. The molecule has 0 rings (SSSR count). The molecule has 0 aliphatic carbocycles. The predicted octanol–water partition coefficient (Wildman–Crippen LogP) is 2.27. The Morgan fingerprint density at radius 3 is 2.42 bits per heavy atom. The molecule has 0 saturated carbocycles. The maximum absolute atomic E-state index is 10.4. The Morgan fingerprint density at radius 2 is 2.08 bits per heavy atom. The average Bonchev–Trinajstić information content (AvgIpc) is 2.03. The molecule has 0 amide bonds. The summed E-state index contributed by atoms with van der Waals surface area (Å²) in [6.45, 7) is 2.13. The largest absolute Gasteiger partial charge is 0.466 e. The number of alkyl halides is 2. The summed E-state index contributed by atoms with van der Waals surface area (Å²) in [5.41, 5.74) is 0. The summed E-state index contributed by atoms with van der Waals surface area (Å²) in [5, 5.41) is 8.22. The van der Waals surface area contributed by atoms with Gasteiger partial charge in [-0.3, -0.25) is 4.79 Å². The van der Waals surface area contributed by atoms with Gasteiger partial charge in [0.05, 0.1) is 24.4 Å². The Bertz CT molecular complexity index is 145. The van der Waals surface area contributed by atoms with Crippen LogP contribution < -0.4 is 0 Å². The van der Waals surface area contributed by atoms with Gasteiger partial charge in [0.25, 0.3) is 0 Å². The Balaban J connectivity index is 0. The van der Waals surface area contributed by atoms with Crippen LogP contribution in [-0.4, -0.2) is 17.9 Å². The number of carbonyl (C=O) groups excluding carboxylic acids is 1. The van der Waals surface area contributed by atoms with Crippen molar-refractivity contribution in [2.24, 2.45) is 0 Å². The van der Waals surface area contributed by atoms with Gasteiger partial charge in [-0.2, -0.15) is 5.26 Å². The van der Waals surface area contributed by atoms with E-state index in [9.17, 15) is 4.79 Å². The average molecular weight is 212 g/mol. The van der Waals surface area contributed by atoms with Crippen molar-refractivity contribution in [1.29, 1.82) is 5.26 Å². The van der Waals surface area contributed by atoms with Crippen molar-refractivity contribution in [3.8, 4) is 6.07 Å². The monoisotopic (exact) mass is 211 g/mol. The first kappa shape index (κ1) is 14.1. The number of hydrogen-bond donors (Lipinski definition) is 0. The van der Waals surface area contributed by atoms with E-state index in [1.807, 2.05) is 6.07 Å². The first-order valence-electron chi connectivity index (χ1n) is 3.37. The van der Waals surface area contributed by atoms with E-state index in [2.05, 4.69) is 4.74 Å². The normalized spacial score (nSPS) is 7.50. The molecule has 0 unspecified atom stereocenters. The van der Waals surface area contributed by atoms with Crippen LogP contribution in [0.4, 0.5) is 0 Å². The van der Waals surface area contributed by atoms with Gasteiger partial charge in [0.2, 0.25) is 0 Å². The van der Waals surface area contributed by atoms with E-state index >= 15 is 0 Å². The van der Waals surface area contributed by atoms with E-state index in [0.717, 1.165) is 0 Å². The van der Waals surface area contributed by atoms with E-state index in [-0.39, 0.29) is 24.2 Å². The molecular formula is C7H11Cl2NO2. The molecule has 0 fully saturated rings. The molecule has 0 saturated heterocycles. The zero-order valence-electron chi connectivity index (χ0n) is 6.85. The first-order valence-corrected chi connectivity index (χ1v) is 4.44. The summed E-state index contributed by atoms with van der Waals surface area (Å²) in [5.74, 6) is -0.293. The van der Waals surface area contributed by atoms with Crippen molar-refractivity contribution >= 4 is 29.2 Å². The first-order chi connectivity index (χ1) is 5.72. The minimum absolute atomic E-state index is 0.194. The van der Waals surface area contributed by atoms with Crippen LogP contribution in [0.1, 0.15) is 19.8 Å². The van der Waals surface area contributed by atoms with Crippen molar-refractivity contribution in [2.75, 3.05) is 11.9 Å². The Hall–Kier alpha value is -0.460. The molecule has 0 aromatic heterocycles. The second-order valence-corrected chi connectivity index (χ2v) is 2.37. The van der Waals surface area contributed by atoms with E-state index in [1.54, 1.807) is 6.92 Å². The maximum atomic E-state index is 10.4. The number of hydrogen-bond acceptors (Lipinski definition) is 3. The van der Waals surface area contributed by atoms with Crippen LogP contribution in [0.15, 0.2) is 0 Å². The lowest BCUT2D eigenvalue weighted by Crippen LogP contribution is -2.02. The molecule has 3 nitrogen and oxygen atoms in total. The molecule has 0 aromatic rings. The zero-order valence-corrected chi connectivity index (χ0v) is 8.36. The minimum Gasteiger partial charge on any atom is -0.466 e. The highest BCUT2D eigenvalue weighted by molar-refractivity contribution is 6.40. The Labute approximate surface area is 82.2 Å². The lowest BCUT2D eigenvalue weighted by atomic mass is 10.3. The molecule has 0 aliphatic rings. The van der Waals surface area contributed by atoms with Gasteiger partial charge in [0.1, 0.15) is 0 Å². The smallest absolute Gasteiger partial charge is 0.306 e. The third kappa shape index (κ3) is 16.3. The highest BCUT2D eigenvalue weighted by atomic mass is 35.5. The highest BCUT2D eigenvalue weighted by Gasteiger charge is 1.97. The summed E-state index contributed by atoms with van der Waals surface area (Å²) in [4.78, 5) is 10.4. The SMILES string of the molecule is CCOC(=O)CCC#N.ClCCl. The maximum Gasteiger partial charge on any atom is 0.306 e. The summed E-state index contributed by atoms with van der Waals surface area (Å²) in [6, 6.07) is 1.86. The molecule has 12 heavy (non-hydrogen) atoms. The van der Waals surface area contributed by atoms with Crippen LogP contribution in [0.25, 0.3) is 0 Å². The fraction of sp³-hybridized carbons (Fsp3) is 0.714. The molecular weight excluding hydrogens is 201 g/mol. The number of ether oxygens (including phenoxy) is 1. The van der Waals surface area contributed by atoms with E-state index in [4.69, 9.17) is 28.5 Å².